The number of nitrogens with zero attached hydrogens (tertiary/aromatic N) is 3. The first-order valence-electron chi connectivity index (χ1n) is 10.9. The lowest BCUT2D eigenvalue weighted by molar-refractivity contribution is 0.315. The van der Waals surface area contributed by atoms with E-state index < -0.39 is 0 Å². The van der Waals surface area contributed by atoms with Gasteiger partial charge >= 0.3 is 0 Å². The molecule has 1 N–H and O–H groups in total. The second kappa shape index (κ2) is 10.5. The van der Waals surface area contributed by atoms with E-state index in [4.69, 9.17) is 14.7 Å². The Hall–Kier alpha value is -2.53. The van der Waals surface area contributed by atoms with E-state index in [-0.39, 0.29) is 0 Å². The van der Waals surface area contributed by atoms with Gasteiger partial charge < -0.3 is 5.11 Å². The first-order valence-corrected chi connectivity index (χ1v) is 10.9. The van der Waals surface area contributed by atoms with Crippen LogP contribution in [0.4, 0.5) is 0 Å². The summed E-state index contributed by atoms with van der Waals surface area (Å²) in [5.74, 6) is 1.55. The number of aliphatic imine (C=N–C) groups is 1. The van der Waals surface area contributed by atoms with Crippen LogP contribution >= 0.6 is 0 Å². The first kappa shape index (κ1) is 22.2. The van der Waals surface area contributed by atoms with E-state index in [9.17, 15) is 0 Å². The molecule has 1 saturated carbocycles. The number of hydrogen-bond donors (Lipinski definition) is 1. The van der Waals surface area contributed by atoms with Gasteiger partial charge in [-0.3, -0.25) is 4.99 Å². The number of fused-ring (bicyclic) bond motifs is 1. The minimum absolute atomic E-state index is 0.679. The maximum absolute atomic E-state index is 7.00. The lowest BCUT2D eigenvalue weighted by atomic mass is 9.77. The third-order valence-electron chi connectivity index (χ3n) is 6.12. The number of aliphatic hydroxyl groups excluding tert-OH is 1. The fraction of sp³-hybridized carbons (Fsp3) is 0.480. The number of hydrogen-bond acceptors (Lipinski definition) is 5. The third kappa shape index (κ3) is 5.33. The van der Waals surface area contributed by atoms with Crippen molar-refractivity contribution in [2.75, 3.05) is 13.7 Å². The van der Waals surface area contributed by atoms with Crippen LogP contribution < -0.4 is 0 Å². The molecule has 0 radical (unpaired) electrons. The van der Waals surface area contributed by atoms with Crippen LogP contribution in [0.3, 0.4) is 0 Å². The molecule has 3 aromatic rings. The van der Waals surface area contributed by atoms with Crippen LogP contribution in [0.15, 0.2) is 46.0 Å². The smallest absolute Gasteiger partial charge is 0.135 e. The molecule has 1 heterocycles. The number of benzene rings is 2. The molecule has 0 amide bonds. The average molecular weight is 408 g/mol. The van der Waals surface area contributed by atoms with Gasteiger partial charge in [-0.15, -0.1) is 0 Å². The van der Waals surface area contributed by atoms with Crippen molar-refractivity contribution in [3.63, 3.8) is 0 Å². The third-order valence-corrected chi connectivity index (χ3v) is 6.12. The first-order chi connectivity index (χ1) is 14.6. The van der Waals surface area contributed by atoms with Crippen molar-refractivity contribution in [3.05, 3.63) is 58.7 Å². The van der Waals surface area contributed by atoms with Gasteiger partial charge in [-0.05, 0) is 84.1 Å². The van der Waals surface area contributed by atoms with Gasteiger partial charge in [0, 0.05) is 19.4 Å². The van der Waals surface area contributed by atoms with Crippen LogP contribution in [0.1, 0.15) is 67.7 Å². The van der Waals surface area contributed by atoms with Crippen LogP contribution in [0, 0.1) is 12.8 Å². The minimum Gasteiger partial charge on any atom is -0.400 e. The fourth-order valence-electron chi connectivity index (χ4n) is 4.34. The molecule has 1 aromatic heterocycles. The van der Waals surface area contributed by atoms with E-state index in [1.165, 1.54) is 47.9 Å². The molecule has 5 heteroatoms. The predicted octanol–water partition coefficient (Wildman–Crippen LogP) is 5.49. The van der Waals surface area contributed by atoms with E-state index >= 15 is 0 Å². The minimum atomic E-state index is 0.679. The summed E-state index contributed by atoms with van der Waals surface area (Å²) >= 11 is 0. The standard InChI is InChI=1S/C24H29N3O.CH4O/c1-16-4-8-20(9-5-16)22-14-17(2)6-10-21(22)18(3)25-13-12-19-7-11-23-24(15-19)27-28-26-23;1-2/h6-7,10-11,14-16,20H,4-5,8-9,12-13H2,1-3H3;2H,1H3. The van der Waals surface area contributed by atoms with Gasteiger partial charge in [-0.1, -0.05) is 49.6 Å². The molecular formula is C25H33N3O2. The molecule has 160 valence electrons. The Bertz CT molecular complexity index is 985. The largest absolute Gasteiger partial charge is 0.400 e. The quantitative estimate of drug-likeness (QED) is 0.568. The lowest BCUT2D eigenvalue weighted by Gasteiger charge is -2.28. The summed E-state index contributed by atoms with van der Waals surface area (Å²) in [5, 5.41) is 14.8. The molecule has 1 aliphatic carbocycles. The summed E-state index contributed by atoms with van der Waals surface area (Å²) in [5.41, 5.74) is 8.16. The van der Waals surface area contributed by atoms with Gasteiger partial charge in [0.05, 0.1) is 0 Å². The highest BCUT2D eigenvalue weighted by molar-refractivity contribution is 6.00. The summed E-state index contributed by atoms with van der Waals surface area (Å²) in [6.07, 6.45) is 6.18. The maximum Gasteiger partial charge on any atom is 0.135 e. The molecule has 0 unspecified atom stereocenters. The fourth-order valence-corrected chi connectivity index (χ4v) is 4.34. The Morgan fingerprint density at radius 1 is 1.03 bits per heavy atom. The van der Waals surface area contributed by atoms with Crippen molar-refractivity contribution in [2.24, 2.45) is 10.9 Å². The molecule has 0 atom stereocenters. The second-order valence-corrected chi connectivity index (χ2v) is 8.35. The van der Waals surface area contributed by atoms with Gasteiger partial charge in [-0.2, -0.15) is 0 Å². The summed E-state index contributed by atoms with van der Waals surface area (Å²) in [6, 6.07) is 13.0. The van der Waals surface area contributed by atoms with Crippen molar-refractivity contribution < 1.29 is 9.74 Å². The molecule has 4 rings (SSSR count). The van der Waals surface area contributed by atoms with Crippen molar-refractivity contribution in [1.29, 1.82) is 0 Å². The van der Waals surface area contributed by atoms with Crippen molar-refractivity contribution in [2.45, 2.75) is 58.8 Å². The Morgan fingerprint density at radius 3 is 2.53 bits per heavy atom. The van der Waals surface area contributed by atoms with Crippen LogP contribution in [-0.4, -0.2) is 34.8 Å². The molecule has 5 nitrogen and oxygen atoms in total. The van der Waals surface area contributed by atoms with Crippen LogP contribution in [0.25, 0.3) is 11.0 Å². The van der Waals surface area contributed by atoms with Gasteiger partial charge in [0.2, 0.25) is 0 Å². The average Bonchev–Trinajstić information content (AvgIpc) is 3.23. The summed E-state index contributed by atoms with van der Waals surface area (Å²) < 4.78 is 4.78. The zero-order chi connectivity index (χ0) is 21.5. The van der Waals surface area contributed by atoms with Crippen molar-refractivity contribution in [3.8, 4) is 0 Å². The number of aliphatic hydroxyl groups is 1. The molecule has 0 saturated heterocycles. The van der Waals surface area contributed by atoms with Gasteiger partial charge in [0.25, 0.3) is 0 Å². The summed E-state index contributed by atoms with van der Waals surface area (Å²) in [7, 11) is 1.00. The van der Waals surface area contributed by atoms with Crippen LogP contribution in [0.5, 0.6) is 0 Å². The normalized spacial score (nSPS) is 19.4. The van der Waals surface area contributed by atoms with E-state index in [0.717, 1.165) is 42.7 Å². The van der Waals surface area contributed by atoms with Crippen LogP contribution in [-0.2, 0) is 6.42 Å². The monoisotopic (exact) mass is 407 g/mol. The van der Waals surface area contributed by atoms with Gasteiger partial charge in [0.15, 0.2) is 0 Å². The second-order valence-electron chi connectivity index (χ2n) is 8.35. The SMILES string of the molecule is CC(=NCCc1ccc2nonc2c1)c1ccc(C)cc1C1CCC(C)CC1.CO. The van der Waals surface area contributed by atoms with E-state index in [1.807, 2.05) is 12.1 Å². The number of aryl methyl sites for hydroxylation is 1. The summed E-state index contributed by atoms with van der Waals surface area (Å²) in [4.78, 5) is 4.91. The van der Waals surface area contributed by atoms with E-state index in [0.29, 0.717) is 5.92 Å². The highest BCUT2D eigenvalue weighted by atomic mass is 16.6. The van der Waals surface area contributed by atoms with Crippen molar-refractivity contribution >= 4 is 16.7 Å². The molecule has 2 aromatic carbocycles. The van der Waals surface area contributed by atoms with Crippen molar-refractivity contribution in [1.82, 2.24) is 10.3 Å². The maximum atomic E-state index is 7.00. The van der Waals surface area contributed by atoms with Gasteiger partial charge in [0.1, 0.15) is 11.0 Å². The number of aromatic nitrogens is 2. The Kier molecular flexibility index (Phi) is 7.75. The molecule has 0 aliphatic heterocycles. The zero-order valence-corrected chi connectivity index (χ0v) is 18.6. The Morgan fingerprint density at radius 2 is 1.77 bits per heavy atom. The molecule has 1 aliphatic rings. The highest BCUT2D eigenvalue weighted by Gasteiger charge is 2.22. The van der Waals surface area contributed by atoms with Crippen LogP contribution in [0.2, 0.25) is 0 Å². The molecule has 0 spiro atoms. The van der Waals surface area contributed by atoms with E-state index in [2.05, 4.69) is 55.4 Å². The molecular weight excluding hydrogens is 374 g/mol. The molecule has 0 bridgehead atoms. The zero-order valence-electron chi connectivity index (χ0n) is 18.6. The number of rotatable bonds is 5. The predicted molar refractivity (Wildman–Crippen MR) is 122 cm³/mol. The Balaban J connectivity index is 0.00000124. The lowest BCUT2D eigenvalue weighted by Crippen LogP contribution is -2.14. The summed E-state index contributed by atoms with van der Waals surface area (Å²) in [6.45, 7) is 7.51. The van der Waals surface area contributed by atoms with Gasteiger partial charge in [-0.25, -0.2) is 4.63 Å². The highest BCUT2D eigenvalue weighted by Crippen LogP contribution is 2.37. The molecule has 1 fully saturated rings. The topological polar surface area (TPSA) is 71.5 Å². The Labute approximate surface area is 179 Å². The van der Waals surface area contributed by atoms with E-state index in [1.54, 1.807) is 0 Å². The molecule has 30 heavy (non-hydrogen) atoms.